The molecule has 0 amide bonds. The summed E-state index contributed by atoms with van der Waals surface area (Å²) >= 11 is 0. The lowest BCUT2D eigenvalue weighted by atomic mass is 9.89. The number of hydrogen-bond acceptors (Lipinski definition) is 12. The van der Waals surface area contributed by atoms with Crippen LogP contribution in [0.3, 0.4) is 0 Å². The molecule has 2 aliphatic heterocycles. The van der Waals surface area contributed by atoms with Crippen molar-refractivity contribution in [2.45, 2.75) is 129 Å². The van der Waals surface area contributed by atoms with Gasteiger partial charge in [0.05, 0.1) is 29.7 Å². The van der Waals surface area contributed by atoms with E-state index in [9.17, 15) is 14.8 Å². The number of hydrogen-bond donors (Lipinski definition) is 4. The third kappa shape index (κ3) is 7.94. The van der Waals surface area contributed by atoms with Crippen molar-refractivity contribution in [2.24, 2.45) is 11.1 Å². The Hall–Kier alpha value is -1.70. The number of imidazole rings is 1. The number of fused-ring (bicyclic) bond motifs is 1. The van der Waals surface area contributed by atoms with E-state index >= 15 is 0 Å². The number of aromatic nitrogens is 4. The van der Waals surface area contributed by atoms with Crippen molar-refractivity contribution < 1.29 is 33.3 Å². The molecule has 2 aromatic heterocycles. The largest absolute Gasteiger partial charge is 0.393 e. The zero-order chi connectivity index (χ0) is 31.7. The zero-order valence-corrected chi connectivity index (χ0v) is 27.6. The maximum absolute atomic E-state index is 12.9. The van der Waals surface area contributed by atoms with Gasteiger partial charge in [-0.3, -0.25) is 18.2 Å². The van der Waals surface area contributed by atoms with Gasteiger partial charge < -0.3 is 30.7 Å². The summed E-state index contributed by atoms with van der Waals surface area (Å²) in [5.41, 5.74) is 3.95. The SMILES string of the molecule is CCC(C)(CC1OC(n2cnc3c(NCC(C)(C)CCOC(C)(C)CCCN)ncnc32)CC1O)OP1(=O)OC1(O)CC. The lowest BCUT2D eigenvalue weighted by Crippen LogP contribution is -2.35. The first-order valence-electron chi connectivity index (χ1n) is 15.4. The maximum atomic E-state index is 12.9. The lowest BCUT2D eigenvalue weighted by molar-refractivity contribution is -0.0589. The Labute approximate surface area is 254 Å². The number of nitrogens with zero attached hydrogens (tertiary/aromatic N) is 4. The van der Waals surface area contributed by atoms with E-state index in [-0.39, 0.29) is 23.9 Å². The van der Waals surface area contributed by atoms with E-state index < -0.39 is 37.2 Å². The number of aliphatic hydroxyl groups excluding tert-OH is 1. The van der Waals surface area contributed by atoms with Crippen LogP contribution in [0.1, 0.15) is 99.6 Å². The molecule has 5 N–H and O–H groups in total. The van der Waals surface area contributed by atoms with Gasteiger partial charge in [-0.25, -0.2) is 15.0 Å². The molecule has 244 valence electrons. The Morgan fingerprint density at radius 1 is 1.21 bits per heavy atom. The van der Waals surface area contributed by atoms with E-state index in [4.69, 9.17) is 24.3 Å². The Morgan fingerprint density at radius 2 is 1.95 bits per heavy atom. The maximum Gasteiger partial charge on any atom is 0.393 e. The molecule has 6 unspecified atom stereocenters. The van der Waals surface area contributed by atoms with Gasteiger partial charge in [0.15, 0.2) is 17.0 Å². The van der Waals surface area contributed by atoms with Crippen LogP contribution in [-0.4, -0.2) is 78.4 Å². The number of aliphatic hydroxyl groups is 2. The van der Waals surface area contributed by atoms with E-state index in [1.165, 1.54) is 6.33 Å². The fourth-order valence-corrected chi connectivity index (χ4v) is 7.38. The van der Waals surface area contributed by atoms with Crippen LogP contribution in [-0.2, 0) is 23.1 Å². The molecule has 6 atom stereocenters. The van der Waals surface area contributed by atoms with Gasteiger partial charge in [0.25, 0.3) is 5.53 Å². The molecule has 2 fully saturated rings. The van der Waals surface area contributed by atoms with Crippen molar-refractivity contribution in [2.75, 3.05) is 25.0 Å². The van der Waals surface area contributed by atoms with Gasteiger partial charge in [-0.1, -0.05) is 27.7 Å². The summed E-state index contributed by atoms with van der Waals surface area (Å²) in [7, 11) is -3.62. The molecule has 0 aromatic carbocycles. The quantitative estimate of drug-likeness (QED) is 0.141. The van der Waals surface area contributed by atoms with Crippen molar-refractivity contribution in [3.05, 3.63) is 12.7 Å². The second kappa shape index (κ2) is 13.0. The van der Waals surface area contributed by atoms with Gasteiger partial charge in [-0.2, -0.15) is 0 Å². The monoisotopic (exact) mass is 626 g/mol. The molecule has 4 heterocycles. The lowest BCUT2D eigenvalue weighted by Gasteiger charge is -2.31. The zero-order valence-electron chi connectivity index (χ0n) is 26.7. The third-order valence-electron chi connectivity index (χ3n) is 8.71. The van der Waals surface area contributed by atoms with Crippen LogP contribution in [0.4, 0.5) is 5.82 Å². The molecule has 43 heavy (non-hydrogen) atoms. The van der Waals surface area contributed by atoms with Crippen LogP contribution in [0.2, 0.25) is 0 Å². The molecule has 4 rings (SSSR count). The fraction of sp³-hybridized carbons (Fsp3) is 0.828. The molecule has 2 saturated heterocycles. The molecule has 13 nitrogen and oxygen atoms in total. The second-order valence-electron chi connectivity index (χ2n) is 13.5. The Balaban J connectivity index is 1.37. The summed E-state index contributed by atoms with van der Waals surface area (Å²) in [6.45, 7) is 15.9. The van der Waals surface area contributed by atoms with Gasteiger partial charge in [-0.05, 0) is 58.4 Å². The fourth-order valence-electron chi connectivity index (χ4n) is 5.36. The predicted molar refractivity (Wildman–Crippen MR) is 163 cm³/mol. The Bertz CT molecular complexity index is 1290. The molecule has 2 aliphatic rings. The summed E-state index contributed by atoms with van der Waals surface area (Å²) in [5.74, 6) is 0.626. The van der Waals surface area contributed by atoms with Crippen molar-refractivity contribution in [3.8, 4) is 0 Å². The topological polar surface area (TPSA) is 179 Å². The highest BCUT2D eigenvalue weighted by Gasteiger charge is 2.70. The highest BCUT2D eigenvalue weighted by Crippen LogP contribution is 2.80. The predicted octanol–water partition coefficient (Wildman–Crippen LogP) is 4.69. The van der Waals surface area contributed by atoms with E-state index in [2.05, 4.69) is 48.0 Å². The van der Waals surface area contributed by atoms with Gasteiger partial charge in [0, 0.05) is 32.4 Å². The minimum absolute atomic E-state index is 0.0625. The minimum Gasteiger partial charge on any atom is -0.390 e. The van der Waals surface area contributed by atoms with Crippen LogP contribution in [0, 0.1) is 5.41 Å². The molecule has 0 spiro atoms. The smallest absolute Gasteiger partial charge is 0.390 e. The minimum atomic E-state index is -3.62. The molecule has 0 saturated carbocycles. The number of ether oxygens (including phenoxy) is 2. The Kier molecular flexibility index (Phi) is 10.3. The van der Waals surface area contributed by atoms with E-state index in [0.717, 1.165) is 19.3 Å². The van der Waals surface area contributed by atoms with Gasteiger partial charge in [0.1, 0.15) is 12.6 Å². The molecule has 0 bridgehead atoms. The van der Waals surface area contributed by atoms with Crippen LogP contribution in [0.15, 0.2) is 12.7 Å². The summed E-state index contributed by atoms with van der Waals surface area (Å²) < 4.78 is 38.1. The summed E-state index contributed by atoms with van der Waals surface area (Å²) in [6, 6.07) is 0. The normalized spacial score (nSPS) is 29.2. The number of nitrogens with one attached hydrogen (secondary N) is 1. The van der Waals surface area contributed by atoms with Crippen LogP contribution in [0.25, 0.3) is 11.2 Å². The Morgan fingerprint density at radius 3 is 2.60 bits per heavy atom. The molecule has 14 heteroatoms. The van der Waals surface area contributed by atoms with Gasteiger partial charge in [-0.15, -0.1) is 0 Å². The van der Waals surface area contributed by atoms with E-state index in [0.29, 0.717) is 49.5 Å². The molecule has 0 radical (unpaired) electrons. The average molecular weight is 627 g/mol. The van der Waals surface area contributed by atoms with Crippen molar-refractivity contribution in [3.63, 3.8) is 0 Å². The standard InChI is InChI=1S/C29H51N6O7P/c1-8-28(7,41-43(38)29(37,9-2)42-43)16-21-20(36)15-22(40-21)35-19-34-23-24(32-18-33-25(23)35)31-17-26(3,4)12-14-39-27(5,6)11-10-13-30/h18-22,36-37H,8-17,30H2,1-7H3,(H,31,32,33). The number of anilines is 1. The summed E-state index contributed by atoms with van der Waals surface area (Å²) in [4.78, 5) is 13.5. The van der Waals surface area contributed by atoms with Crippen molar-refractivity contribution >= 4 is 24.6 Å². The van der Waals surface area contributed by atoms with Crippen molar-refractivity contribution in [1.29, 1.82) is 0 Å². The first kappa shape index (κ1) is 34.2. The second-order valence-corrected chi connectivity index (χ2v) is 15.6. The molecular weight excluding hydrogens is 575 g/mol. The highest BCUT2D eigenvalue weighted by molar-refractivity contribution is 7.61. The van der Waals surface area contributed by atoms with Crippen molar-refractivity contribution in [1.82, 2.24) is 19.5 Å². The van der Waals surface area contributed by atoms with Gasteiger partial charge in [0.2, 0.25) is 0 Å². The van der Waals surface area contributed by atoms with Gasteiger partial charge >= 0.3 is 7.60 Å². The molecule has 2 aromatic rings. The molecular formula is C29H51N6O7P. The first-order chi connectivity index (χ1) is 20.1. The first-order valence-corrected chi connectivity index (χ1v) is 17.0. The average Bonchev–Trinajstić information content (AvgIpc) is 3.23. The third-order valence-corrected chi connectivity index (χ3v) is 11.0. The van der Waals surface area contributed by atoms with E-state index in [1.807, 2.05) is 6.92 Å². The number of rotatable bonds is 17. The summed E-state index contributed by atoms with van der Waals surface area (Å²) in [6.07, 6.45) is 5.25. The van der Waals surface area contributed by atoms with E-state index in [1.54, 1.807) is 24.7 Å². The highest BCUT2D eigenvalue weighted by atomic mass is 31.2. The molecule has 0 aliphatic carbocycles. The number of nitrogens with two attached hydrogens (primary N) is 1. The van der Waals surface area contributed by atoms with Crippen LogP contribution >= 0.6 is 7.60 Å². The van der Waals surface area contributed by atoms with Crippen LogP contribution in [0.5, 0.6) is 0 Å². The summed E-state index contributed by atoms with van der Waals surface area (Å²) in [5, 5.41) is 24.6. The van der Waals surface area contributed by atoms with Crippen LogP contribution < -0.4 is 11.1 Å².